The molecule has 0 saturated carbocycles. The summed E-state index contributed by atoms with van der Waals surface area (Å²) in [6.45, 7) is 1.44. The van der Waals surface area contributed by atoms with E-state index < -0.39 is 18.1 Å². The molecule has 126 valence electrons. The van der Waals surface area contributed by atoms with Crippen molar-refractivity contribution in [1.82, 2.24) is 4.57 Å². The Morgan fingerprint density at radius 1 is 1.17 bits per heavy atom. The minimum absolute atomic E-state index is 0.166. The van der Waals surface area contributed by atoms with Gasteiger partial charge in [-0.05, 0) is 30.0 Å². The van der Waals surface area contributed by atoms with Crippen molar-refractivity contribution in [2.45, 2.75) is 32.7 Å². The molecule has 0 bridgehead atoms. The number of carbonyl (C=O) groups is 2. The number of anilines is 1. The van der Waals surface area contributed by atoms with E-state index in [0.29, 0.717) is 18.4 Å². The average Bonchev–Trinajstić information content (AvgIpc) is 2.57. The van der Waals surface area contributed by atoms with Crippen molar-refractivity contribution >= 4 is 17.6 Å². The van der Waals surface area contributed by atoms with Gasteiger partial charge in [0.2, 0.25) is 5.91 Å². The Kier molecular flexibility index (Phi) is 5.89. The molecular weight excluding hydrogens is 308 g/mol. The van der Waals surface area contributed by atoms with Gasteiger partial charge in [0.05, 0.1) is 0 Å². The van der Waals surface area contributed by atoms with Crippen molar-refractivity contribution < 1.29 is 14.7 Å². The van der Waals surface area contributed by atoms with Crippen LogP contribution in [0.4, 0.5) is 5.69 Å². The lowest BCUT2D eigenvalue weighted by Crippen LogP contribution is -2.29. The first-order chi connectivity index (χ1) is 11.5. The van der Waals surface area contributed by atoms with Crippen molar-refractivity contribution in [3.05, 3.63) is 64.1 Å². The van der Waals surface area contributed by atoms with E-state index in [1.54, 1.807) is 6.07 Å². The Morgan fingerprint density at radius 2 is 1.88 bits per heavy atom. The number of nitrogens with zero attached hydrogens (tertiary/aromatic N) is 1. The molecule has 1 amide bonds. The van der Waals surface area contributed by atoms with Crippen molar-refractivity contribution in [1.29, 1.82) is 0 Å². The first-order valence-corrected chi connectivity index (χ1v) is 7.79. The highest BCUT2D eigenvalue weighted by molar-refractivity contribution is 5.91. The van der Waals surface area contributed by atoms with Gasteiger partial charge in [-0.3, -0.25) is 14.4 Å². The number of aromatic nitrogens is 1. The van der Waals surface area contributed by atoms with E-state index in [1.165, 1.54) is 6.20 Å². The van der Waals surface area contributed by atoms with Gasteiger partial charge in [0.1, 0.15) is 12.2 Å². The Bertz CT molecular complexity index is 781. The molecule has 0 saturated heterocycles. The van der Waals surface area contributed by atoms with Gasteiger partial charge in [0, 0.05) is 12.6 Å². The largest absolute Gasteiger partial charge is 0.480 e. The molecule has 0 unspecified atom stereocenters. The van der Waals surface area contributed by atoms with Gasteiger partial charge in [0.15, 0.2) is 0 Å². The van der Waals surface area contributed by atoms with E-state index in [4.69, 9.17) is 5.11 Å². The highest BCUT2D eigenvalue weighted by Gasteiger charge is 2.13. The summed E-state index contributed by atoms with van der Waals surface area (Å²) in [5.74, 6) is -1.37. The molecule has 0 aliphatic carbocycles. The highest BCUT2D eigenvalue weighted by Crippen LogP contribution is 2.12. The zero-order valence-corrected chi connectivity index (χ0v) is 13.5. The first kappa shape index (κ1) is 17.5. The third-order valence-corrected chi connectivity index (χ3v) is 3.69. The van der Waals surface area contributed by atoms with Crippen LogP contribution in [-0.4, -0.2) is 21.6 Å². The van der Waals surface area contributed by atoms with Gasteiger partial charge in [0.25, 0.3) is 5.56 Å². The van der Waals surface area contributed by atoms with Crippen LogP contribution in [0.5, 0.6) is 0 Å². The van der Waals surface area contributed by atoms with Gasteiger partial charge < -0.3 is 15.0 Å². The van der Waals surface area contributed by atoms with E-state index in [2.05, 4.69) is 5.32 Å². The number of carbonyl (C=O) groups excluding carboxylic acids is 1. The van der Waals surface area contributed by atoms with Gasteiger partial charge in [-0.1, -0.05) is 37.3 Å². The molecule has 6 heteroatoms. The van der Waals surface area contributed by atoms with Gasteiger partial charge >= 0.3 is 5.97 Å². The van der Waals surface area contributed by atoms with E-state index in [1.807, 2.05) is 37.3 Å². The molecule has 0 aliphatic rings. The van der Waals surface area contributed by atoms with Crippen LogP contribution in [0, 0.1) is 0 Å². The molecule has 2 rings (SSSR count). The third-order valence-electron chi connectivity index (χ3n) is 3.69. The molecule has 2 aromatic rings. The molecule has 0 fully saturated rings. The van der Waals surface area contributed by atoms with Crippen LogP contribution >= 0.6 is 0 Å². The summed E-state index contributed by atoms with van der Waals surface area (Å²) in [6.07, 6.45) is 2.83. The Hall–Kier alpha value is -2.89. The molecule has 6 nitrogen and oxygen atoms in total. The van der Waals surface area contributed by atoms with Crippen molar-refractivity contribution in [3.63, 3.8) is 0 Å². The number of carboxylic acid groups (broad SMARTS) is 1. The molecule has 1 heterocycles. The fourth-order valence-electron chi connectivity index (χ4n) is 2.42. The standard InChI is InChI=1S/C18H20N2O4/c1-2-14-10-11-20(12-16(22)23)18(24)17(14)19-15(21)9-8-13-6-4-3-5-7-13/h3-7,10-11H,2,8-9,12H2,1H3,(H,19,21)(H,22,23). The summed E-state index contributed by atoms with van der Waals surface area (Å²) in [7, 11) is 0. The molecule has 2 N–H and O–H groups in total. The minimum Gasteiger partial charge on any atom is -0.480 e. The van der Waals surface area contributed by atoms with Crippen LogP contribution in [0.25, 0.3) is 0 Å². The van der Waals surface area contributed by atoms with E-state index in [9.17, 15) is 14.4 Å². The van der Waals surface area contributed by atoms with Gasteiger partial charge in [-0.2, -0.15) is 0 Å². The Labute approximate surface area is 139 Å². The maximum absolute atomic E-state index is 12.4. The molecule has 1 aromatic heterocycles. The summed E-state index contributed by atoms with van der Waals surface area (Å²) >= 11 is 0. The zero-order chi connectivity index (χ0) is 17.5. The van der Waals surface area contributed by atoms with E-state index in [-0.39, 0.29) is 18.0 Å². The molecular formula is C18H20N2O4. The number of nitrogens with one attached hydrogen (secondary N) is 1. The highest BCUT2D eigenvalue weighted by atomic mass is 16.4. The number of benzene rings is 1. The number of amides is 1. The second kappa shape index (κ2) is 8.10. The number of hydrogen-bond donors (Lipinski definition) is 2. The smallest absolute Gasteiger partial charge is 0.323 e. The van der Waals surface area contributed by atoms with Crippen molar-refractivity contribution in [2.75, 3.05) is 5.32 Å². The maximum Gasteiger partial charge on any atom is 0.323 e. The van der Waals surface area contributed by atoms with Crippen molar-refractivity contribution in [2.24, 2.45) is 0 Å². The molecule has 0 aliphatic heterocycles. The third kappa shape index (κ3) is 4.55. The number of aliphatic carboxylic acids is 1. The molecule has 24 heavy (non-hydrogen) atoms. The van der Waals surface area contributed by atoms with Crippen LogP contribution in [0.3, 0.4) is 0 Å². The normalized spacial score (nSPS) is 10.4. The van der Waals surface area contributed by atoms with Crippen LogP contribution < -0.4 is 10.9 Å². The quantitative estimate of drug-likeness (QED) is 0.814. The molecule has 0 atom stereocenters. The lowest BCUT2D eigenvalue weighted by molar-refractivity contribution is -0.137. The summed E-state index contributed by atoms with van der Waals surface area (Å²) < 4.78 is 1.08. The van der Waals surface area contributed by atoms with E-state index >= 15 is 0 Å². The SMILES string of the molecule is CCc1ccn(CC(=O)O)c(=O)c1NC(=O)CCc1ccccc1. The van der Waals surface area contributed by atoms with Gasteiger partial charge in [-0.15, -0.1) is 0 Å². The maximum atomic E-state index is 12.4. The lowest BCUT2D eigenvalue weighted by atomic mass is 10.1. The van der Waals surface area contributed by atoms with Crippen LogP contribution in [0.2, 0.25) is 0 Å². The predicted octanol–water partition coefficient (Wildman–Crippen LogP) is 2.07. The predicted molar refractivity (Wildman–Crippen MR) is 91.1 cm³/mol. The summed E-state index contributed by atoms with van der Waals surface area (Å²) in [5.41, 5.74) is 1.40. The second-order valence-electron chi connectivity index (χ2n) is 5.43. The number of pyridine rings is 1. The lowest BCUT2D eigenvalue weighted by Gasteiger charge is -2.12. The summed E-state index contributed by atoms with van der Waals surface area (Å²) in [5, 5.41) is 11.5. The fraction of sp³-hybridized carbons (Fsp3) is 0.278. The zero-order valence-electron chi connectivity index (χ0n) is 13.5. The van der Waals surface area contributed by atoms with Crippen LogP contribution in [0.1, 0.15) is 24.5 Å². The van der Waals surface area contributed by atoms with Crippen LogP contribution in [0.15, 0.2) is 47.4 Å². The van der Waals surface area contributed by atoms with E-state index in [0.717, 1.165) is 10.1 Å². The number of carboxylic acids is 1. The summed E-state index contributed by atoms with van der Waals surface area (Å²) in [4.78, 5) is 35.4. The van der Waals surface area contributed by atoms with Gasteiger partial charge in [-0.25, -0.2) is 0 Å². The summed E-state index contributed by atoms with van der Waals surface area (Å²) in [6, 6.07) is 11.3. The van der Waals surface area contributed by atoms with Crippen molar-refractivity contribution in [3.8, 4) is 0 Å². The topological polar surface area (TPSA) is 88.4 Å². The first-order valence-electron chi connectivity index (χ1n) is 7.79. The van der Waals surface area contributed by atoms with Crippen LogP contribution in [-0.2, 0) is 29.0 Å². The Balaban J connectivity index is 2.13. The fourth-order valence-corrected chi connectivity index (χ4v) is 2.42. The minimum atomic E-state index is -1.11. The molecule has 0 spiro atoms. The number of rotatable bonds is 7. The molecule has 1 aromatic carbocycles. The Morgan fingerprint density at radius 3 is 2.50 bits per heavy atom. The second-order valence-corrected chi connectivity index (χ2v) is 5.43. The number of aryl methyl sites for hydroxylation is 2. The number of hydrogen-bond acceptors (Lipinski definition) is 3. The monoisotopic (exact) mass is 328 g/mol. The average molecular weight is 328 g/mol. The molecule has 0 radical (unpaired) electrons.